The van der Waals surface area contributed by atoms with Gasteiger partial charge in [0.1, 0.15) is 0 Å². The van der Waals surface area contributed by atoms with Crippen molar-refractivity contribution < 1.29 is 0 Å². The Balaban J connectivity index is 1.99. The second-order valence-corrected chi connectivity index (χ2v) is 6.38. The first-order chi connectivity index (χ1) is 9.10. The molecule has 0 amide bonds. The first kappa shape index (κ1) is 15.0. The molecule has 1 heterocycles. The van der Waals surface area contributed by atoms with Crippen molar-refractivity contribution in [3.05, 3.63) is 33.8 Å². The van der Waals surface area contributed by atoms with Crippen molar-refractivity contribution in [2.75, 3.05) is 33.7 Å². The predicted octanol–water partition coefficient (Wildman–Crippen LogP) is 2.30. The van der Waals surface area contributed by atoms with Crippen molar-refractivity contribution in [3.63, 3.8) is 0 Å². The maximum atomic E-state index is 3.71. The smallest absolute Gasteiger partial charge is 0.0246 e. The molecule has 106 valence electrons. The number of hydrogen-bond acceptors (Lipinski definition) is 3. The van der Waals surface area contributed by atoms with Gasteiger partial charge in [-0.15, -0.1) is 0 Å². The molecular formula is C15H24BrN3. The first-order valence-corrected chi connectivity index (χ1v) is 7.74. The van der Waals surface area contributed by atoms with Gasteiger partial charge in [0.25, 0.3) is 0 Å². The molecule has 0 aliphatic carbocycles. The molecule has 0 aromatic heterocycles. The number of piperazine rings is 1. The van der Waals surface area contributed by atoms with Crippen LogP contribution in [0.5, 0.6) is 0 Å². The largest absolute Gasteiger partial charge is 0.316 e. The van der Waals surface area contributed by atoms with E-state index in [0.29, 0.717) is 6.04 Å². The number of rotatable bonds is 4. The molecule has 0 saturated carbocycles. The minimum atomic E-state index is 0.649. The van der Waals surface area contributed by atoms with Gasteiger partial charge in [-0.3, -0.25) is 4.90 Å². The Morgan fingerprint density at radius 1 is 1.37 bits per heavy atom. The van der Waals surface area contributed by atoms with E-state index in [1.165, 1.54) is 15.6 Å². The summed E-state index contributed by atoms with van der Waals surface area (Å²) in [5, 5.41) is 3.19. The molecule has 0 bridgehead atoms. The highest BCUT2D eigenvalue weighted by Crippen LogP contribution is 2.21. The summed E-state index contributed by atoms with van der Waals surface area (Å²) in [6, 6.07) is 7.34. The summed E-state index contributed by atoms with van der Waals surface area (Å²) in [6.45, 7) is 7.74. The third kappa shape index (κ3) is 4.02. The number of benzene rings is 1. The highest BCUT2D eigenvalue weighted by Gasteiger charge is 2.20. The van der Waals surface area contributed by atoms with Gasteiger partial charge in [-0.2, -0.15) is 0 Å². The zero-order valence-electron chi connectivity index (χ0n) is 12.1. The van der Waals surface area contributed by atoms with E-state index in [-0.39, 0.29) is 0 Å². The number of nitrogens with zero attached hydrogens (tertiary/aromatic N) is 2. The second kappa shape index (κ2) is 6.84. The fourth-order valence-electron chi connectivity index (χ4n) is 2.54. The summed E-state index contributed by atoms with van der Waals surface area (Å²) < 4.78 is 1.23. The van der Waals surface area contributed by atoms with Gasteiger partial charge in [-0.25, -0.2) is 0 Å². The molecule has 1 fully saturated rings. The molecule has 1 aromatic carbocycles. The van der Waals surface area contributed by atoms with E-state index in [1.807, 2.05) is 7.05 Å². The number of nitrogens with one attached hydrogen (secondary N) is 1. The van der Waals surface area contributed by atoms with Gasteiger partial charge in [0.05, 0.1) is 0 Å². The molecule has 2 rings (SSSR count). The average molecular weight is 326 g/mol. The Morgan fingerprint density at radius 3 is 2.79 bits per heavy atom. The SMILES string of the molecule is CNCc1ccc(CN2CCN(C)C(C)C2)c(Br)c1. The van der Waals surface area contributed by atoms with E-state index < -0.39 is 0 Å². The van der Waals surface area contributed by atoms with Gasteiger partial charge in [0, 0.05) is 43.2 Å². The van der Waals surface area contributed by atoms with Gasteiger partial charge in [-0.05, 0) is 38.2 Å². The number of hydrogen-bond donors (Lipinski definition) is 1. The molecule has 4 heteroatoms. The Hall–Kier alpha value is -0.420. The van der Waals surface area contributed by atoms with Crippen molar-refractivity contribution in [2.24, 2.45) is 0 Å². The summed E-state index contributed by atoms with van der Waals surface area (Å²) in [4.78, 5) is 4.98. The molecule has 19 heavy (non-hydrogen) atoms. The second-order valence-electron chi connectivity index (χ2n) is 5.52. The molecule has 1 unspecified atom stereocenters. The van der Waals surface area contributed by atoms with Crippen molar-refractivity contribution >= 4 is 15.9 Å². The van der Waals surface area contributed by atoms with E-state index >= 15 is 0 Å². The predicted molar refractivity (Wildman–Crippen MR) is 84.3 cm³/mol. The van der Waals surface area contributed by atoms with Crippen LogP contribution in [0.3, 0.4) is 0 Å². The lowest BCUT2D eigenvalue weighted by atomic mass is 10.1. The van der Waals surface area contributed by atoms with E-state index in [9.17, 15) is 0 Å². The topological polar surface area (TPSA) is 18.5 Å². The minimum absolute atomic E-state index is 0.649. The molecule has 3 nitrogen and oxygen atoms in total. The van der Waals surface area contributed by atoms with Gasteiger partial charge in [0.15, 0.2) is 0 Å². The van der Waals surface area contributed by atoms with Crippen molar-refractivity contribution in [3.8, 4) is 0 Å². The van der Waals surface area contributed by atoms with E-state index in [4.69, 9.17) is 0 Å². The maximum Gasteiger partial charge on any atom is 0.0246 e. The van der Waals surface area contributed by atoms with Crippen LogP contribution in [0, 0.1) is 0 Å². The fourth-order valence-corrected chi connectivity index (χ4v) is 3.09. The van der Waals surface area contributed by atoms with Crippen molar-refractivity contribution in [1.82, 2.24) is 15.1 Å². The van der Waals surface area contributed by atoms with Gasteiger partial charge in [-0.1, -0.05) is 28.1 Å². The van der Waals surface area contributed by atoms with Crippen LogP contribution in [0.15, 0.2) is 22.7 Å². The van der Waals surface area contributed by atoms with Gasteiger partial charge in [0.2, 0.25) is 0 Å². The lowest BCUT2D eigenvalue weighted by Crippen LogP contribution is -2.49. The maximum absolute atomic E-state index is 3.71. The van der Waals surface area contributed by atoms with Crippen LogP contribution in [-0.2, 0) is 13.1 Å². The Bertz CT molecular complexity index is 422. The minimum Gasteiger partial charge on any atom is -0.316 e. The van der Waals surface area contributed by atoms with Gasteiger partial charge >= 0.3 is 0 Å². The molecule has 0 spiro atoms. The normalized spacial score (nSPS) is 21.8. The highest BCUT2D eigenvalue weighted by molar-refractivity contribution is 9.10. The zero-order chi connectivity index (χ0) is 13.8. The number of halogens is 1. The van der Waals surface area contributed by atoms with Crippen LogP contribution in [0.25, 0.3) is 0 Å². The van der Waals surface area contributed by atoms with Crippen LogP contribution in [0.2, 0.25) is 0 Å². The van der Waals surface area contributed by atoms with Crippen LogP contribution in [-0.4, -0.2) is 49.6 Å². The van der Waals surface area contributed by atoms with Gasteiger partial charge < -0.3 is 10.2 Å². The fraction of sp³-hybridized carbons (Fsp3) is 0.600. The monoisotopic (exact) mass is 325 g/mol. The van der Waals surface area contributed by atoms with E-state index in [1.54, 1.807) is 0 Å². The van der Waals surface area contributed by atoms with Crippen molar-refractivity contribution in [1.29, 1.82) is 0 Å². The number of likely N-dealkylation sites (N-methyl/N-ethyl adjacent to an activating group) is 1. The van der Waals surface area contributed by atoms with Crippen LogP contribution >= 0.6 is 15.9 Å². The van der Waals surface area contributed by atoms with Crippen molar-refractivity contribution in [2.45, 2.75) is 26.1 Å². The Kier molecular flexibility index (Phi) is 5.39. The average Bonchev–Trinajstić information content (AvgIpc) is 2.37. The quantitative estimate of drug-likeness (QED) is 0.916. The molecule has 1 aromatic rings. The standard InChI is InChI=1S/C15H24BrN3/c1-12-10-19(7-6-18(12)3)11-14-5-4-13(9-17-2)8-15(14)16/h4-5,8,12,17H,6-7,9-11H2,1-3H3. The first-order valence-electron chi connectivity index (χ1n) is 6.94. The van der Waals surface area contributed by atoms with E-state index in [0.717, 1.165) is 32.7 Å². The van der Waals surface area contributed by atoms with Crippen LogP contribution < -0.4 is 5.32 Å². The summed E-state index contributed by atoms with van der Waals surface area (Å²) in [5.41, 5.74) is 2.71. The molecule has 1 aliphatic rings. The van der Waals surface area contributed by atoms with Crippen LogP contribution in [0.1, 0.15) is 18.1 Å². The summed E-state index contributed by atoms with van der Waals surface area (Å²) in [6.07, 6.45) is 0. The summed E-state index contributed by atoms with van der Waals surface area (Å²) >= 11 is 3.71. The zero-order valence-corrected chi connectivity index (χ0v) is 13.7. The lowest BCUT2D eigenvalue weighted by molar-refractivity contribution is 0.0998. The molecular weight excluding hydrogens is 302 g/mol. The molecule has 1 aliphatic heterocycles. The third-order valence-corrected chi connectivity index (χ3v) is 4.67. The third-order valence-electron chi connectivity index (χ3n) is 3.94. The Labute approximate surface area is 125 Å². The van der Waals surface area contributed by atoms with Crippen LogP contribution in [0.4, 0.5) is 0 Å². The molecule has 1 atom stereocenters. The van der Waals surface area contributed by atoms with E-state index in [2.05, 4.69) is 63.2 Å². The summed E-state index contributed by atoms with van der Waals surface area (Å²) in [5.74, 6) is 0. The molecule has 1 N–H and O–H groups in total. The Morgan fingerprint density at radius 2 is 2.16 bits per heavy atom. The highest BCUT2D eigenvalue weighted by atomic mass is 79.9. The molecule has 1 saturated heterocycles. The molecule has 0 radical (unpaired) electrons. The summed E-state index contributed by atoms with van der Waals surface area (Å²) in [7, 11) is 4.19. The lowest BCUT2D eigenvalue weighted by Gasteiger charge is -2.37.